The second kappa shape index (κ2) is 3.78. The number of hydrogen-bond donors (Lipinski definition) is 0. The van der Waals surface area contributed by atoms with Crippen LogP contribution in [0.2, 0.25) is 0 Å². The molecule has 13 heavy (non-hydrogen) atoms. The Hall–Kier alpha value is -0.380. The molecule has 0 aromatic heterocycles. The first kappa shape index (κ1) is 10.7. The van der Waals surface area contributed by atoms with Crippen molar-refractivity contribution in [1.82, 2.24) is 4.67 Å². The van der Waals surface area contributed by atoms with Crippen LogP contribution in [0, 0.1) is 24.7 Å². The molecule has 1 aliphatic rings. The number of terminal acetylenes is 2. The van der Waals surface area contributed by atoms with Gasteiger partial charge in [0.05, 0.1) is 0 Å². The average molecular weight is 215 g/mol. The van der Waals surface area contributed by atoms with Gasteiger partial charge in [-0.1, -0.05) is 11.8 Å². The molecule has 0 amide bonds. The summed E-state index contributed by atoms with van der Waals surface area (Å²) >= 11 is 1.13. The lowest BCUT2D eigenvalue weighted by molar-refractivity contribution is 0.266. The average Bonchev–Trinajstić information content (AvgIpc) is 2.43. The van der Waals surface area contributed by atoms with Crippen molar-refractivity contribution in [3.63, 3.8) is 0 Å². The van der Waals surface area contributed by atoms with Crippen LogP contribution in [0.5, 0.6) is 0 Å². The molecule has 0 aliphatic carbocycles. The summed E-state index contributed by atoms with van der Waals surface area (Å²) in [6.45, 7) is -2.82. The smallest absolute Gasteiger partial charge is 0.291 e. The van der Waals surface area contributed by atoms with E-state index >= 15 is 0 Å². The monoisotopic (exact) mass is 215 g/mol. The maximum Gasteiger partial charge on any atom is 0.331 e. The van der Waals surface area contributed by atoms with Crippen LogP contribution in [0.25, 0.3) is 0 Å². The van der Waals surface area contributed by atoms with Crippen LogP contribution in [0.3, 0.4) is 0 Å². The fraction of sp³-hybridized carbons (Fsp3) is 0.500. The van der Waals surface area contributed by atoms with Gasteiger partial charge in [0.15, 0.2) is 6.10 Å². The number of rotatable bonds is 1. The number of hydrogen-bond acceptors (Lipinski definition) is 3. The van der Waals surface area contributed by atoms with E-state index in [-0.39, 0.29) is 5.25 Å². The highest BCUT2D eigenvalue weighted by Crippen LogP contribution is 2.68. The van der Waals surface area contributed by atoms with E-state index in [9.17, 15) is 4.57 Å². The normalized spacial score (nSPS) is 38.5. The van der Waals surface area contributed by atoms with Gasteiger partial charge in [0, 0.05) is 0 Å². The lowest BCUT2D eigenvalue weighted by Crippen LogP contribution is -2.15. The lowest BCUT2D eigenvalue weighted by Gasteiger charge is -2.16. The third-order valence-corrected chi connectivity index (χ3v) is 6.66. The van der Waals surface area contributed by atoms with Crippen molar-refractivity contribution in [2.75, 3.05) is 14.1 Å². The molecule has 3 atom stereocenters. The molecule has 0 bridgehead atoms. The van der Waals surface area contributed by atoms with Gasteiger partial charge in [-0.05, 0) is 25.5 Å². The van der Waals surface area contributed by atoms with Crippen LogP contribution in [-0.4, -0.2) is 30.1 Å². The molecule has 0 spiro atoms. The Labute approximate surface area is 82.5 Å². The molecule has 0 N–H and O–H groups in total. The minimum absolute atomic E-state index is 0.307. The highest BCUT2D eigenvalue weighted by atomic mass is 32.7. The molecule has 1 rings (SSSR count). The largest absolute Gasteiger partial charge is 0.331 e. The molecule has 3 unspecified atom stereocenters. The van der Waals surface area contributed by atoms with Crippen molar-refractivity contribution in [3.05, 3.63) is 0 Å². The lowest BCUT2D eigenvalue weighted by atomic mass is 10.3. The first-order valence-corrected chi connectivity index (χ1v) is 6.66. The van der Waals surface area contributed by atoms with E-state index in [0.717, 1.165) is 11.4 Å². The van der Waals surface area contributed by atoms with Gasteiger partial charge in [-0.15, -0.1) is 12.8 Å². The molecular weight excluding hydrogens is 205 g/mol. The predicted molar refractivity (Wildman–Crippen MR) is 55.2 cm³/mol. The summed E-state index contributed by atoms with van der Waals surface area (Å²) in [6.07, 6.45) is 9.89. The van der Waals surface area contributed by atoms with E-state index in [0.29, 0.717) is 0 Å². The predicted octanol–water partition coefficient (Wildman–Crippen LogP) is 1.42. The minimum Gasteiger partial charge on any atom is -0.291 e. The number of nitrogens with zero attached hydrogens (tertiary/aromatic N) is 1. The summed E-state index contributed by atoms with van der Waals surface area (Å²) in [7, 11) is 3.36. The zero-order valence-electron chi connectivity index (χ0n) is 7.43. The Morgan fingerprint density at radius 1 is 1.46 bits per heavy atom. The van der Waals surface area contributed by atoms with Crippen molar-refractivity contribution in [1.29, 1.82) is 0 Å². The summed E-state index contributed by atoms with van der Waals surface area (Å²) in [6, 6.07) is 0. The molecule has 0 radical (unpaired) electrons. The van der Waals surface area contributed by atoms with Crippen LogP contribution in [-0.2, 0) is 9.09 Å². The molecular formula is C8H10NO2PS. The second-order valence-corrected chi connectivity index (χ2v) is 7.38. The van der Waals surface area contributed by atoms with Gasteiger partial charge in [0.1, 0.15) is 5.25 Å². The molecule has 5 heteroatoms. The van der Waals surface area contributed by atoms with E-state index in [1.807, 2.05) is 0 Å². The third kappa shape index (κ3) is 1.93. The molecule has 70 valence electrons. The van der Waals surface area contributed by atoms with Crippen LogP contribution >= 0.6 is 18.1 Å². The Morgan fingerprint density at radius 2 is 2.08 bits per heavy atom. The van der Waals surface area contributed by atoms with E-state index in [4.69, 9.17) is 17.4 Å². The van der Waals surface area contributed by atoms with E-state index < -0.39 is 12.8 Å². The molecule has 3 nitrogen and oxygen atoms in total. The maximum absolute atomic E-state index is 11.9. The molecule has 1 heterocycles. The van der Waals surface area contributed by atoms with Crippen molar-refractivity contribution >= 4 is 18.1 Å². The fourth-order valence-corrected chi connectivity index (χ4v) is 4.79. The SMILES string of the molecule is C#CC1OP(=O)(N(C)C)SC1C#C. The first-order valence-electron chi connectivity index (χ1n) is 3.60. The Morgan fingerprint density at radius 3 is 2.38 bits per heavy atom. The first-order chi connectivity index (χ1) is 6.03. The standard InChI is InChI=1S/C8H10NO2PS/c1-5-7-8(6-2)13-12(10,11-7)9(3)4/h1-2,7-8H,3-4H3. The van der Waals surface area contributed by atoms with E-state index in [2.05, 4.69) is 11.8 Å². The summed E-state index contributed by atoms with van der Waals surface area (Å²) in [4.78, 5) is 0. The zero-order valence-corrected chi connectivity index (χ0v) is 9.14. The minimum atomic E-state index is -2.82. The molecule has 0 saturated carbocycles. The van der Waals surface area contributed by atoms with E-state index in [1.165, 1.54) is 4.67 Å². The van der Waals surface area contributed by atoms with Crippen LogP contribution in [0.15, 0.2) is 0 Å². The fourth-order valence-electron chi connectivity index (χ4n) is 0.847. The highest BCUT2D eigenvalue weighted by Gasteiger charge is 2.44. The summed E-state index contributed by atoms with van der Waals surface area (Å²) in [5.74, 6) is 4.86. The third-order valence-electron chi connectivity index (χ3n) is 1.59. The topological polar surface area (TPSA) is 29.5 Å². The van der Waals surface area contributed by atoms with Crippen molar-refractivity contribution in [3.8, 4) is 24.7 Å². The Bertz CT molecular complexity index is 302. The van der Waals surface area contributed by atoms with Gasteiger partial charge in [-0.2, -0.15) is 0 Å². The molecule has 1 saturated heterocycles. The van der Waals surface area contributed by atoms with Crippen LogP contribution in [0.4, 0.5) is 0 Å². The van der Waals surface area contributed by atoms with Gasteiger partial charge in [-0.25, -0.2) is 4.67 Å². The van der Waals surface area contributed by atoms with Crippen molar-refractivity contribution in [2.24, 2.45) is 0 Å². The van der Waals surface area contributed by atoms with Crippen LogP contribution < -0.4 is 0 Å². The van der Waals surface area contributed by atoms with Crippen molar-refractivity contribution < 1.29 is 9.09 Å². The molecule has 0 aromatic rings. The van der Waals surface area contributed by atoms with Crippen LogP contribution in [0.1, 0.15) is 0 Å². The molecule has 1 fully saturated rings. The highest BCUT2D eigenvalue weighted by molar-refractivity contribution is 8.56. The van der Waals surface area contributed by atoms with Crippen molar-refractivity contribution in [2.45, 2.75) is 11.4 Å². The second-order valence-electron chi connectivity index (χ2n) is 2.70. The van der Waals surface area contributed by atoms with Gasteiger partial charge in [-0.3, -0.25) is 9.09 Å². The van der Waals surface area contributed by atoms with Gasteiger partial charge >= 0.3 is 6.72 Å². The Kier molecular flexibility index (Phi) is 3.11. The molecule has 0 aromatic carbocycles. The Balaban J connectivity index is 2.88. The maximum atomic E-state index is 11.9. The summed E-state index contributed by atoms with van der Waals surface area (Å²) in [5, 5.41) is -0.307. The van der Waals surface area contributed by atoms with Gasteiger partial charge in [0.25, 0.3) is 0 Å². The van der Waals surface area contributed by atoms with E-state index in [1.54, 1.807) is 14.1 Å². The summed E-state index contributed by atoms with van der Waals surface area (Å²) < 4.78 is 18.7. The quantitative estimate of drug-likeness (QED) is 0.489. The summed E-state index contributed by atoms with van der Waals surface area (Å²) in [5.41, 5.74) is 0. The van der Waals surface area contributed by atoms with Gasteiger partial charge < -0.3 is 0 Å². The molecule has 1 aliphatic heterocycles. The zero-order chi connectivity index (χ0) is 10.1. The van der Waals surface area contributed by atoms with Gasteiger partial charge in [0.2, 0.25) is 0 Å².